The topological polar surface area (TPSA) is 82.3 Å². The molecule has 1 unspecified atom stereocenters. The van der Waals surface area contributed by atoms with Crippen LogP contribution in [0.15, 0.2) is 29.0 Å². The first-order valence-electron chi connectivity index (χ1n) is 6.27. The highest BCUT2D eigenvalue weighted by Crippen LogP contribution is 2.40. The number of hydrogen-bond acceptors (Lipinski definition) is 6. The number of nitrogens with two attached hydrogens (primary N) is 1. The van der Waals surface area contributed by atoms with Gasteiger partial charge in [-0.25, -0.2) is 15.4 Å². The van der Waals surface area contributed by atoms with Crippen molar-refractivity contribution in [2.24, 2.45) is 5.84 Å². The monoisotopic (exact) mass is 352 g/mol. The van der Waals surface area contributed by atoms with E-state index in [4.69, 9.17) is 15.3 Å². The van der Waals surface area contributed by atoms with Crippen molar-refractivity contribution in [1.29, 1.82) is 0 Å². The third kappa shape index (κ3) is 3.15. The normalized spacial score (nSPS) is 12.0. The molecule has 0 spiro atoms. The van der Waals surface area contributed by atoms with Gasteiger partial charge in [0.15, 0.2) is 5.82 Å². The Balaban J connectivity index is 2.52. The Hall–Kier alpha value is -1.70. The Kier molecular flexibility index (Phi) is 5.11. The minimum atomic E-state index is -0.386. The lowest BCUT2D eigenvalue weighted by Gasteiger charge is -2.20. The zero-order chi connectivity index (χ0) is 15.4. The second-order valence-electron chi connectivity index (χ2n) is 4.42. The van der Waals surface area contributed by atoms with Gasteiger partial charge in [0.05, 0.1) is 14.2 Å². The highest BCUT2D eigenvalue weighted by atomic mass is 79.9. The average Bonchev–Trinajstić information content (AvgIpc) is 2.50. The van der Waals surface area contributed by atoms with Crippen molar-refractivity contribution in [3.8, 4) is 11.5 Å². The molecule has 1 heterocycles. The number of hydrogen-bond donors (Lipinski definition) is 2. The molecule has 0 saturated heterocycles. The second kappa shape index (κ2) is 6.84. The van der Waals surface area contributed by atoms with Gasteiger partial charge in [0.1, 0.15) is 22.0 Å². The Morgan fingerprint density at radius 3 is 2.38 bits per heavy atom. The molecule has 0 aliphatic heterocycles. The fraction of sp³-hybridized carbons (Fsp3) is 0.286. The van der Waals surface area contributed by atoms with Crippen LogP contribution in [0.2, 0.25) is 0 Å². The van der Waals surface area contributed by atoms with Crippen LogP contribution in [0, 0.1) is 6.92 Å². The number of nitrogens with zero attached hydrogens (tertiary/aromatic N) is 2. The molecule has 0 aliphatic carbocycles. The fourth-order valence-electron chi connectivity index (χ4n) is 2.00. The maximum atomic E-state index is 5.69. The van der Waals surface area contributed by atoms with Crippen LogP contribution in [0.1, 0.15) is 23.0 Å². The van der Waals surface area contributed by atoms with E-state index in [0.717, 1.165) is 15.6 Å². The Morgan fingerprint density at radius 1 is 1.19 bits per heavy atom. The van der Waals surface area contributed by atoms with Crippen LogP contribution in [0.25, 0.3) is 0 Å². The Labute approximate surface area is 131 Å². The first-order valence-corrected chi connectivity index (χ1v) is 7.06. The number of aromatic nitrogens is 2. The molecule has 21 heavy (non-hydrogen) atoms. The SMILES string of the molecule is COc1ccc(C(NN)c2ncc(C)cn2)c(OC)c1Br. The number of aryl methyl sites for hydroxylation is 1. The summed E-state index contributed by atoms with van der Waals surface area (Å²) in [7, 11) is 3.19. The number of benzene rings is 1. The van der Waals surface area contributed by atoms with Gasteiger partial charge in [-0.1, -0.05) is 0 Å². The van der Waals surface area contributed by atoms with Crippen LogP contribution in [0.5, 0.6) is 11.5 Å². The molecule has 0 fully saturated rings. The van der Waals surface area contributed by atoms with Crippen molar-refractivity contribution in [1.82, 2.24) is 15.4 Å². The van der Waals surface area contributed by atoms with Crippen LogP contribution in [-0.4, -0.2) is 24.2 Å². The van der Waals surface area contributed by atoms with Crippen molar-refractivity contribution in [2.45, 2.75) is 13.0 Å². The van der Waals surface area contributed by atoms with E-state index >= 15 is 0 Å². The minimum absolute atomic E-state index is 0.386. The standard InChI is InChI=1S/C14H17BrN4O2/c1-8-6-17-14(18-7-8)12(19-16)9-4-5-10(20-2)11(15)13(9)21-3/h4-7,12,19H,16H2,1-3H3. The summed E-state index contributed by atoms with van der Waals surface area (Å²) in [5, 5.41) is 0. The maximum Gasteiger partial charge on any atom is 0.151 e. The molecular weight excluding hydrogens is 336 g/mol. The van der Waals surface area contributed by atoms with Gasteiger partial charge in [-0.05, 0) is 40.5 Å². The summed E-state index contributed by atoms with van der Waals surface area (Å²) in [5.74, 6) is 7.56. The molecule has 1 aromatic carbocycles. The van der Waals surface area contributed by atoms with Crippen LogP contribution in [-0.2, 0) is 0 Å². The number of ether oxygens (including phenoxy) is 2. The van der Waals surface area contributed by atoms with E-state index in [1.54, 1.807) is 26.6 Å². The van der Waals surface area contributed by atoms with Gasteiger partial charge in [-0.15, -0.1) is 0 Å². The molecule has 0 aliphatic rings. The lowest BCUT2D eigenvalue weighted by molar-refractivity contribution is 0.382. The molecule has 0 radical (unpaired) electrons. The predicted octanol–water partition coefficient (Wildman–Crippen LogP) is 2.12. The predicted molar refractivity (Wildman–Crippen MR) is 83.2 cm³/mol. The van der Waals surface area contributed by atoms with Gasteiger partial charge in [-0.2, -0.15) is 0 Å². The number of methoxy groups -OCH3 is 2. The summed E-state index contributed by atoms with van der Waals surface area (Å²) in [6.07, 6.45) is 3.50. The summed E-state index contributed by atoms with van der Waals surface area (Å²) in [5.41, 5.74) is 4.53. The first kappa shape index (κ1) is 15.7. The maximum absolute atomic E-state index is 5.69. The number of halogens is 1. The van der Waals surface area contributed by atoms with E-state index in [9.17, 15) is 0 Å². The van der Waals surface area contributed by atoms with E-state index in [-0.39, 0.29) is 6.04 Å². The van der Waals surface area contributed by atoms with E-state index in [2.05, 4.69) is 31.3 Å². The largest absolute Gasteiger partial charge is 0.495 e. The Bertz CT molecular complexity index is 619. The van der Waals surface area contributed by atoms with Gasteiger partial charge in [-0.3, -0.25) is 5.84 Å². The molecule has 7 heteroatoms. The van der Waals surface area contributed by atoms with E-state index in [0.29, 0.717) is 17.3 Å². The van der Waals surface area contributed by atoms with Gasteiger partial charge >= 0.3 is 0 Å². The smallest absolute Gasteiger partial charge is 0.151 e. The molecule has 1 atom stereocenters. The molecule has 2 rings (SSSR count). The summed E-state index contributed by atoms with van der Waals surface area (Å²) in [6, 6.07) is 3.32. The van der Waals surface area contributed by atoms with Gasteiger partial charge in [0.2, 0.25) is 0 Å². The summed E-state index contributed by atoms with van der Waals surface area (Å²) >= 11 is 3.47. The highest BCUT2D eigenvalue weighted by molar-refractivity contribution is 9.10. The van der Waals surface area contributed by atoms with Gasteiger partial charge < -0.3 is 9.47 Å². The van der Waals surface area contributed by atoms with Crippen molar-refractivity contribution < 1.29 is 9.47 Å². The molecule has 3 N–H and O–H groups in total. The van der Waals surface area contributed by atoms with Crippen LogP contribution in [0.3, 0.4) is 0 Å². The lowest BCUT2D eigenvalue weighted by Crippen LogP contribution is -2.30. The van der Waals surface area contributed by atoms with E-state index in [1.807, 2.05) is 19.1 Å². The molecular formula is C14H17BrN4O2. The van der Waals surface area contributed by atoms with Crippen molar-refractivity contribution in [3.63, 3.8) is 0 Å². The van der Waals surface area contributed by atoms with Crippen LogP contribution in [0.4, 0.5) is 0 Å². The highest BCUT2D eigenvalue weighted by Gasteiger charge is 2.23. The molecule has 6 nitrogen and oxygen atoms in total. The summed E-state index contributed by atoms with van der Waals surface area (Å²) < 4.78 is 11.5. The van der Waals surface area contributed by atoms with Crippen molar-refractivity contribution in [2.75, 3.05) is 14.2 Å². The zero-order valence-electron chi connectivity index (χ0n) is 12.1. The molecule has 2 aromatic rings. The molecule has 0 bridgehead atoms. The molecule has 0 saturated carbocycles. The van der Waals surface area contributed by atoms with Crippen LogP contribution >= 0.6 is 15.9 Å². The van der Waals surface area contributed by atoms with Gasteiger partial charge in [0, 0.05) is 18.0 Å². The first-order chi connectivity index (χ1) is 10.1. The molecule has 0 amide bonds. The van der Waals surface area contributed by atoms with E-state index < -0.39 is 0 Å². The van der Waals surface area contributed by atoms with Crippen molar-refractivity contribution in [3.05, 3.63) is 46.0 Å². The lowest BCUT2D eigenvalue weighted by atomic mass is 10.0. The summed E-state index contributed by atoms with van der Waals surface area (Å²) in [6.45, 7) is 1.93. The quantitative estimate of drug-likeness (QED) is 0.633. The van der Waals surface area contributed by atoms with Crippen LogP contribution < -0.4 is 20.7 Å². The number of rotatable bonds is 5. The molecule has 1 aromatic heterocycles. The number of nitrogens with one attached hydrogen (secondary N) is 1. The van der Waals surface area contributed by atoms with E-state index in [1.165, 1.54) is 0 Å². The van der Waals surface area contributed by atoms with Crippen molar-refractivity contribution >= 4 is 15.9 Å². The van der Waals surface area contributed by atoms with Gasteiger partial charge in [0.25, 0.3) is 0 Å². The zero-order valence-corrected chi connectivity index (χ0v) is 13.6. The average molecular weight is 353 g/mol. The third-order valence-electron chi connectivity index (χ3n) is 3.05. The minimum Gasteiger partial charge on any atom is -0.495 e. The summed E-state index contributed by atoms with van der Waals surface area (Å²) in [4.78, 5) is 8.64. The Morgan fingerprint density at radius 2 is 1.86 bits per heavy atom. The molecule has 112 valence electrons. The second-order valence-corrected chi connectivity index (χ2v) is 5.22. The number of hydrazine groups is 1. The fourth-order valence-corrected chi connectivity index (χ4v) is 2.69. The third-order valence-corrected chi connectivity index (χ3v) is 3.80.